The van der Waals surface area contributed by atoms with Gasteiger partial charge < -0.3 is 14.6 Å². The molecule has 3 aromatic rings. The second-order valence-electron chi connectivity index (χ2n) is 6.20. The maximum Gasteiger partial charge on any atom is 0.331 e. The molecule has 1 amide bonds. The van der Waals surface area contributed by atoms with E-state index in [0.717, 1.165) is 16.5 Å². The zero-order valence-electron chi connectivity index (χ0n) is 15.5. The van der Waals surface area contributed by atoms with Gasteiger partial charge in [-0.05, 0) is 36.4 Å². The molecule has 0 radical (unpaired) electrons. The van der Waals surface area contributed by atoms with Crippen molar-refractivity contribution in [2.24, 2.45) is 0 Å². The summed E-state index contributed by atoms with van der Waals surface area (Å²) in [4.78, 5) is 23.8. The number of aryl methyl sites for hydroxylation is 1. The fourth-order valence-electron chi connectivity index (χ4n) is 2.84. The number of hydrogen-bond acceptors (Lipinski definition) is 4. The lowest BCUT2D eigenvalue weighted by molar-refractivity contribution is -0.142. The molecule has 7 heteroatoms. The van der Waals surface area contributed by atoms with Crippen LogP contribution < -0.4 is 5.32 Å². The number of aromatic nitrogens is 1. The van der Waals surface area contributed by atoms with Crippen LogP contribution >= 0.6 is 0 Å². The minimum absolute atomic E-state index is 0.382. The highest BCUT2D eigenvalue weighted by atomic mass is 19.1. The molecule has 0 spiro atoms. The van der Waals surface area contributed by atoms with Crippen molar-refractivity contribution in [1.29, 1.82) is 5.26 Å². The van der Waals surface area contributed by atoms with Gasteiger partial charge in [0, 0.05) is 41.0 Å². The summed E-state index contributed by atoms with van der Waals surface area (Å²) in [5.41, 5.74) is 2.19. The highest BCUT2D eigenvalue weighted by Gasteiger charge is 2.08. The summed E-state index contributed by atoms with van der Waals surface area (Å²) in [5, 5.41) is 12.3. The number of ether oxygens (including phenoxy) is 1. The van der Waals surface area contributed by atoms with E-state index in [2.05, 4.69) is 11.4 Å². The third kappa shape index (κ3) is 5.30. The first-order chi connectivity index (χ1) is 14.1. The zero-order chi connectivity index (χ0) is 20.6. The molecule has 3 rings (SSSR count). The van der Waals surface area contributed by atoms with Crippen LogP contribution in [0, 0.1) is 17.1 Å². The number of esters is 1. The normalized spacial score (nSPS) is 10.8. The Morgan fingerprint density at radius 2 is 1.93 bits per heavy atom. The molecule has 1 heterocycles. The van der Waals surface area contributed by atoms with Crippen LogP contribution in [0.2, 0.25) is 0 Å². The van der Waals surface area contributed by atoms with E-state index in [4.69, 9.17) is 10.00 Å². The SMILES string of the molecule is N#CCCn1cc(/C=C/C(=O)OCC(=O)Nc2ccc(F)cc2)c2ccccc21. The maximum atomic E-state index is 12.9. The van der Waals surface area contributed by atoms with Crippen LogP contribution in [0.25, 0.3) is 17.0 Å². The number of rotatable bonds is 7. The summed E-state index contributed by atoms with van der Waals surface area (Å²) in [7, 11) is 0. The monoisotopic (exact) mass is 391 g/mol. The molecule has 0 fully saturated rings. The van der Waals surface area contributed by atoms with Crippen LogP contribution in [-0.4, -0.2) is 23.1 Å². The van der Waals surface area contributed by atoms with Gasteiger partial charge in [0.05, 0.1) is 12.5 Å². The Morgan fingerprint density at radius 1 is 1.17 bits per heavy atom. The Balaban J connectivity index is 1.59. The van der Waals surface area contributed by atoms with E-state index < -0.39 is 24.3 Å². The molecular formula is C22H18FN3O3. The molecule has 0 bridgehead atoms. The fourth-order valence-corrected chi connectivity index (χ4v) is 2.84. The third-order valence-electron chi connectivity index (χ3n) is 4.16. The average Bonchev–Trinajstić information content (AvgIpc) is 3.09. The highest BCUT2D eigenvalue weighted by molar-refractivity contribution is 5.96. The van der Waals surface area contributed by atoms with Crippen LogP contribution in [0.5, 0.6) is 0 Å². The lowest BCUT2D eigenvalue weighted by Gasteiger charge is -2.05. The smallest absolute Gasteiger partial charge is 0.331 e. The van der Waals surface area contributed by atoms with Crippen LogP contribution in [0.1, 0.15) is 12.0 Å². The number of benzene rings is 2. The Bertz CT molecular complexity index is 1090. The standard InChI is InChI=1S/C22H18FN3O3/c23-17-7-9-18(10-8-17)25-21(27)15-29-22(28)11-6-16-14-26(13-3-12-24)20-5-2-1-4-19(16)20/h1-2,4-11,14H,3,13,15H2,(H,25,27)/b11-6+. The van der Waals surface area contributed by atoms with Crippen molar-refractivity contribution in [3.8, 4) is 6.07 Å². The number of hydrogen-bond donors (Lipinski definition) is 1. The maximum absolute atomic E-state index is 12.9. The average molecular weight is 391 g/mol. The molecule has 1 aromatic heterocycles. The van der Waals surface area contributed by atoms with E-state index in [0.29, 0.717) is 18.7 Å². The van der Waals surface area contributed by atoms with Crippen LogP contribution in [0.4, 0.5) is 10.1 Å². The molecule has 6 nitrogen and oxygen atoms in total. The number of fused-ring (bicyclic) bond motifs is 1. The van der Waals surface area contributed by atoms with E-state index in [1.54, 1.807) is 6.08 Å². The molecule has 0 aliphatic heterocycles. The van der Waals surface area contributed by atoms with E-state index in [9.17, 15) is 14.0 Å². The van der Waals surface area contributed by atoms with Gasteiger partial charge in [-0.1, -0.05) is 18.2 Å². The first-order valence-electron chi connectivity index (χ1n) is 8.92. The van der Waals surface area contributed by atoms with E-state index in [1.807, 2.05) is 35.0 Å². The topological polar surface area (TPSA) is 84.1 Å². The summed E-state index contributed by atoms with van der Waals surface area (Å²) >= 11 is 0. The lowest BCUT2D eigenvalue weighted by atomic mass is 10.1. The van der Waals surface area contributed by atoms with Crippen molar-refractivity contribution in [2.45, 2.75) is 13.0 Å². The molecule has 146 valence electrons. The van der Waals surface area contributed by atoms with Crippen molar-refractivity contribution in [3.63, 3.8) is 0 Å². The molecule has 0 atom stereocenters. The third-order valence-corrected chi connectivity index (χ3v) is 4.16. The van der Waals surface area contributed by atoms with Crippen molar-refractivity contribution in [2.75, 3.05) is 11.9 Å². The van der Waals surface area contributed by atoms with Gasteiger partial charge in [-0.3, -0.25) is 4.79 Å². The highest BCUT2D eigenvalue weighted by Crippen LogP contribution is 2.22. The molecule has 0 aliphatic carbocycles. The van der Waals surface area contributed by atoms with Gasteiger partial charge in [0.15, 0.2) is 6.61 Å². The van der Waals surface area contributed by atoms with Crippen LogP contribution in [0.3, 0.4) is 0 Å². The van der Waals surface area contributed by atoms with Gasteiger partial charge in [-0.15, -0.1) is 0 Å². The molecule has 0 unspecified atom stereocenters. The number of carbonyl (C=O) groups is 2. The van der Waals surface area contributed by atoms with Gasteiger partial charge in [0.25, 0.3) is 5.91 Å². The van der Waals surface area contributed by atoms with Crippen molar-refractivity contribution in [1.82, 2.24) is 4.57 Å². The Hall–Kier alpha value is -3.92. The number of nitriles is 1. The number of halogens is 1. The summed E-state index contributed by atoms with van der Waals surface area (Å²) in [5.74, 6) is -1.59. The molecule has 0 aliphatic rings. The van der Waals surface area contributed by atoms with Crippen LogP contribution in [0.15, 0.2) is 60.8 Å². The number of nitrogens with zero attached hydrogens (tertiary/aromatic N) is 2. The minimum Gasteiger partial charge on any atom is -0.452 e. The predicted molar refractivity (Wildman–Crippen MR) is 107 cm³/mol. The molecule has 2 aromatic carbocycles. The van der Waals surface area contributed by atoms with Gasteiger partial charge in [-0.25, -0.2) is 9.18 Å². The lowest BCUT2D eigenvalue weighted by Crippen LogP contribution is -2.20. The summed E-state index contributed by atoms with van der Waals surface area (Å²) in [6.45, 7) is 0.101. The Kier molecular flexibility index (Phi) is 6.38. The Labute approximate surface area is 166 Å². The largest absolute Gasteiger partial charge is 0.452 e. The van der Waals surface area contributed by atoms with Crippen molar-refractivity contribution < 1.29 is 18.7 Å². The number of carbonyl (C=O) groups excluding carboxylic acids is 2. The molecule has 29 heavy (non-hydrogen) atoms. The van der Waals surface area contributed by atoms with E-state index in [-0.39, 0.29) is 0 Å². The van der Waals surface area contributed by atoms with E-state index >= 15 is 0 Å². The summed E-state index contributed by atoms with van der Waals surface area (Å²) < 4.78 is 19.8. The fraction of sp³-hybridized carbons (Fsp3) is 0.136. The van der Waals surface area contributed by atoms with Gasteiger partial charge in [-0.2, -0.15) is 5.26 Å². The summed E-state index contributed by atoms with van der Waals surface area (Å²) in [6.07, 6.45) is 5.12. The summed E-state index contributed by atoms with van der Waals surface area (Å²) in [6, 6.07) is 15.1. The number of amides is 1. The zero-order valence-corrected chi connectivity index (χ0v) is 15.5. The van der Waals surface area contributed by atoms with Gasteiger partial charge in [0.1, 0.15) is 5.82 Å². The number of nitrogens with one attached hydrogen (secondary N) is 1. The quantitative estimate of drug-likeness (QED) is 0.489. The van der Waals surface area contributed by atoms with Gasteiger partial charge in [0.2, 0.25) is 0 Å². The van der Waals surface area contributed by atoms with E-state index in [1.165, 1.54) is 30.3 Å². The minimum atomic E-state index is -0.659. The second-order valence-corrected chi connectivity index (χ2v) is 6.20. The molecular weight excluding hydrogens is 373 g/mol. The molecule has 0 saturated carbocycles. The van der Waals surface area contributed by atoms with Crippen molar-refractivity contribution in [3.05, 3.63) is 72.2 Å². The first-order valence-corrected chi connectivity index (χ1v) is 8.92. The van der Waals surface area contributed by atoms with Crippen LogP contribution in [-0.2, 0) is 20.9 Å². The predicted octanol–water partition coefficient (Wildman–Crippen LogP) is 3.89. The first kappa shape index (κ1) is 19.8. The van der Waals surface area contributed by atoms with Crippen molar-refractivity contribution >= 4 is 34.5 Å². The number of para-hydroxylation sites is 1. The molecule has 1 N–H and O–H groups in total. The second kappa shape index (κ2) is 9.33. The molecule has 0 saturated heterocycles. The number of anilines is 1. The van der Waals surface area contributed by atoms with Gasteiger partial charge >= 0.3 is 5.97 Å². The Morgan fingerprint density at radius 3 is 2.69 bits per heavy atom.